The summed E-state index contributed by atoms with van der Waals surface area (Å²) in [6, 6.07) is 5.94. The van der Waals surface area contributed by atoms with Gasteiger partial charge in [-0.3, -0.25) is 0 Å². The van der Waals surface area contributed by atoms with Crippen LogP contribution in [0.15, 0.2) is 28.8 Å². The van der Waals surface area contributed by atoms with Gasteiger partial charge >= 0.3 is 0 Å². The van der Waals surface area contributed by atoms with Gasteiger partial charge in [0.15, 0.2) is 11.5 Å². The van der Waals surface area contributed by atoms with Crippen molar-refractivity contribution in [1.82, 2.24) is 5.32 Å². The normalized spacial score (nSPS) is 13.3. The van der Waals surface area contributed by atoms with E-state index in [2.05, 4.69) is 5.32 Å². The first-order valence-corrected chi connectivity index (χ1v) is 6.33. The van der Waals surface area contributed by atoms with Gasteiger partial charge in [0, 0.05) is 23.2 Å². The maximum absolute atomic E-state index is 5.83. The van der Waals surface area contributed by atoms with Crippen LogP contribution >= 0.6 is 23.2 Å². The van der Waals surface area contributed by atoms with E-state index in [1.54, 1.807) is 14.2 Å². The monoisotopic (exact) mass is 289 g/mol. The quantitative estimate of drug-likeness (QED) is 0.867. The minimum Gasteiger partial charge on any atom is -0.493 e. The van der Waals surface area contributed by atoms with Gasteiger partial charge in [-0.25, -0.2) is 0 Å². The second-order valence-electron chi connectivity index (χ2n) is 3.77. The van der Waals surface area contributed by atoms with Gasteiger partial charge in [-0.2, -0.15) is 0 Å². The van der Waals surface area contributed by atoms with Crippen molar-refractivity contribution in [2.75, 3.05) is 20.8 Å². The molecule has 0 saturated heterocycles. The van der Waals surface area contributed by atoms with Crippen LogP contribution in [0.25, 0.3) is 0 Å². The average Bonchev–Trinajstić information content (AvgIpc) is 2.43. The van der Waals surface area contributed by atoms with Gasteiger partial charge in [0.2, 0.25) is 0 Å². The number of rotatable bonds is 6. The van der Waals surface area contributed by atoms with E-state index in [1.807, 2.05) is 25.1 Å². The van der Waals surface area contributed by atoms with Gasteiger partial charge in [0.1, 0.15) is 0 Å². The highest BCUT2D eigenvalue weighted by Gasteiger charge is 2.09. The van der Waals surface area contributed by atoms with Crippen LogP contribution in [-0.4, -0.2) is 20.8 Å². The van der Waals surface area contributed by atoms with Crippen molar-refractivity contribution in [3.8, 4) is 11.5 Å². The van der Waals surface area contributed by atoms with Crippen LogP contribution in [0.1, 0.15) is 18.5 Å². The molecule has 1 N–H and O–H groups in total. The summed E-state index contributed by atoms with van der Waals surface area (Å²) >= 11 is 11.3. The molecule has 1 aromatic carbocycles. The first kappa shape index (κ1) is 15.2. The molecule has 18 heavy (non-hydrogen) atoms. The van der Waals surface area contributed by atoms with Gasteiger partial charge in [0.05, 0.1) is 14.2 Å². The Balaban J connectivity index is 2.77. The molecule has 0 aliphatic carbocycles. The molecule has 5 heteroatoms. The van der Waals surface area contributed by atoms with Crippen molar-refractivity contribution in [1.29, 1.82) is 0 Å². The summed E-state index contributed by atoms with van der Waals surface area (Å²) < 4.78 is 10.5. The summed E-state index contributed by atoms with van der Waals surface area (Å²) in [4.78, 5) is 0. The number of hydrogen-bond donors (Lipinski definition) is 1. The third kappa shape index (κ3) is 4.09. The summed E-state index contributed by atoms with van der Waals surface area (Å²) in [7, 11) is 3.23. The second kappa shape index (κ2) is 7.52. The summed E-state index contributed by atoms with van der Waals surface area (Å²) in [6.07, 6.45) is 0. The fourth-order valence-electron chi connectivity index (χ4n) is 1.53. The Morgan fingerprint density at radius 3 is 2.56 bits per heavy atom. The van der Waals surface area contributed by atoms with E-state index in [0.717, 1.165) is 5.56 Å². The number of halogens is 2. The van der Waals surface area contributed by atoms with Crippen LogP contribution in [0, 0.1) is 0 Å². The van der Waals surface area contributed by atoms with E-state index < -0.39 is 0 Å². The largest absolute Gasteiger partial charge is 0.493 e. The SMILES string of the molecule is COc1ccc(C(C)NCC(Cl)=CCl)cc1OC. The minimum absolute atomic E-state index is 0.134. The molecule has 1 aromatic rings. The summed E-state index contributed by atoms with van der Waals surface area (Å²) in [5.74, 6) is 1.43. The number of hydrogen-bond acceptors (Lipinski definition) is 3. The molecular formula is C13H17Cl2NO2. The smallest absolute Gasteiger partial charge is 0.161 e. The predicted octanol–water partition coefficient (Wildman–Crippen LogP) is 3.67. The molecule has 1 rings (SSSR count). The molecule has 1 unspecified atom stereocenters. The molecule has 0 amide bonds. The van der Waals surface area contributed by atoms with Gasteiger partial charge in [-0.1, -0.05) is 29.3 Å². The molecule has 0 aliphatic rings. The molecular weight excluding hydrogens is 273 g/mol. The number of ether oxygens (including phenoxy) is 2. The van der Waals surface area contributed by atoms with Crippen molar-refractivity contribution >= 4 is 23.2 Å². The molecule has 3 nitrogen and oxygen atoms in total. The maximum Gasteiger partial charge on any atom is 0.161 e. The maximum atomic E-state index is 5.83. The summed E-state index contributed by atoms with van der Waals surface area (Å²) in [6.45, 7) is 2.57. The van der Waals surface area contributed by atoms with Crippen LogP contribution in [0.3, 0.4) is 0 Å². The van der Waals surface area contributed by atoms with E-state index in [1.165, 1.54) is 5.54 Å². The van der Waals surface area contributed by atoms with E-state index >= 15 is 0 Å². The van der Waals surface area contributed by atoms with Gasteiger partial charge in [0.25, 0.3) is 0 Å². The number of benzene rings is 1. The Kier molecular flexibility index (Phi) is 6.33. The lowest BCUT2D eigenvalue weighted by molar-refractivity contribution is 0.354. The Labute approximate surface area is 118 Å². The lowest BCUT2D eigenvalue weighted by atomic mass is 10.1. The van der Waals surface area contributed by atoms with Crippen molar-refractivity contribution < 1.29 is 9.47 Å². The molecule has 0 radical (unpaired) electrons. The van der Waals surface area contributed by atoms with Gasteiger partial charge in [-0.05, 0) is 24.6 Å². The van der Waals surface area contributed by atoms with Crippen LogP contribution in [-0.2, 0) is 0 Å². The highest BCUT2D eigenvalue weighted by molar-refractivity contribution is 6.36. The van der Waals surface area contributed by atoms with Gasteiger partial charge in [-0.15, -0.1) is 0 Å². The van der Waals surface area contributed by atoms with E-state index in [-0.39, 0.29) is 6.04 Å². The van der Waals surface area contributed by atoms with Crippen molar-refractivity contribution in [2.24, 2.45) is 0 Å². The predicted molar refractivity (Wildman–Crippen MR) is 75.8 cm³/mol. The molecule has 0 fully saturated rings. The third-order valence-corrected chi connectivity index (χ3v) is 3.22. The van der Waals surface area contributed by atoms with Crippen LogP contribution < -0.4 is 14.8 Å². The molecule has 0 aromatic heterocycles. The van der Waals surface area contributed by atoms with Crippen molar-refractivity contribution in [3.63, 3.8) is 0 Å². The molecule has 0 saturated carbocycles. The first-order valence-electron chi connectivity index (χ1n) is 5.52. The van der Waals surface area contributed by atoms with Crippen LogP contribution in [0.2, 0.25) is 0 Å². The van der Waals surface area contributed by atoms with Gasteiger partial charge < -0.3 is 14.8 Å². The number of methoxy groups -OCH3 is 2. The minimum atomic E-state index is 0.134. The standard InChI is InChI=1S/C13H17Cl2NO2/c1-9(16-8-11(15)7-14)10-4-5-12(17-2)13(6-10)18-3/h4-7,9,16H,8H2,1-3H3. The van der Waals surface area contributed by atoms with E-state index in [4.69, 9.17) is 32.7 Å². The molecule has 0 spiro atoms. The lowest BCUT2D eigenvalue weighted by Crippen LogP contribution is -2.20. The van der Waals surface area contributed by atoms with Crippen molar-refractivity contribution in [2.45, 2.75) is 13.0 Å². The molecule has 100 valence electrons. The van der Waals surface area contributed by atoms with E-state index in [0.29, 0.717) is 23.1 Å². The van der Waals surface area contributed by atoms with E-state index in [9.17, 15) is 0 Å². The first-order chi connectivity index (χ1) is 8.62. The van der Waals surface area contributed by atoms with Crippen LogP contribution in [0.5, 0.6) is 11.5 Å². The Morgan fingerprint density at radius 2 is 2.00 bits per heavy atom. The lowest BCUT2D eigenvalue weighted by Gasteiger charge is -2.16. The summed E-state index contributed by atoms with van der Waals surface area (Å²) in [5, 5.41) is 3.83. The Morgan fingerprint density at radius 1 is 1.33 bits per heavy atom. The molecule has 1 atom stereocenters. The fraction of sp³-hybridized carbons (Fsp3) is 0.385. The zero-order valence-electron chi connectivity index (χ0n) is 10.7. The molecule has 0 bridgehead atoms. The summed E-state index contributed by atoms with van der Waals surface area (Å²) in [5.41, 5.74) is 2.45. The zero-order chi connectivity index (χ0) is 13.5. The fourth-order valence-corrected chi connectivity index (χ4v) is 1.68. The zero-order valence-corrected chi connectivity index (χ0v) is 12.2. The molecule has 0 heterocycles. The highest BCUT2D eigenvalue weighted by Crippen LogP contribution is 2.29. The average molecular weight is 290 g/mol. The Bertz CT molecular complexity index is 421. The highest BCUT2D eigenvalue weighted by atomic mass is 35.5. The second-order valence-corrected chi connectivity index (χ2v) is 4.48. The van der Waals surface area contributed by atoms with Crippen molar-refractivity contribution in [3.05, 3.63) is 34.3 Å². The topological polar surface area (TPSA) is 30.5 Å². The third-order valence-electron chi connectivity index (χ3n) is 2.60. The number of nitrogens with one attached hydrogen (secondary N) is 1. The van der Waals surface area contributed by atoms with Crippen LogP contribution in [0.4, 0.5) is 0 Å². The molecule has 0 aliphatic heterocycles. The Hall–Kier alpha value is -0.900.